The van der Waals surface area contributed by atoms with Gasteiger partial charge in [-0.25, -0.2) is 0 Å². The molecule has 1 saturated heterocycles. The lowest BCUT2D eigenvalue weighted by atomic mass is 9.79. The minimum atomic E-state index is 0.437. The molecule has 0 spiro atoms. The van der Waals surface area contributed by atoms with E-state index in [9.17, 15) is 0 Å². The lowest BCUT2D eigenvalue weighted by Crippen LogP contribution is -2.49. The van der Waals surface area contributed by atoms with Crippen LogP contribution in [-0.2, 0) is 4.74 Å². The SMILES string of the molecule is CCCN(CC1CC1)CC1(CNC(C)C)CCOCC1. The maximum absolute atomic E-state index is 5.62. The zero-order valence-electron chi connectivity index (χ0n) is 13.8. The average molecular weight is 282 g/mol. The van der Waals surface area contributed by atoms with E-state index in [4.69, 9.17) is 4.74 Å². The summed E-state index contributed by atoms with van der Waals surface area (Å²) < 4.78 is 5.62. The second-order valence-corrected chi connectivity index (χ2v) is 7.33. The van der Waals surface area contributed by atoms with Crippen molar-refractivity contribution in [1.29, 1.82) is 0 Å². The molecule has 0 unspecified atom stereocenters. The van der Waals surface area contributed by atoms with E-state index in [1.165, 1.54) is 51.7 Å². The van der Waals surface area contributed by atoms with Gasteiger partial charge in [0, 0.05) is 38.9 Å². The average Bonchev–Trinajstić information content (AvgIpc) is 3.22. The third kappa shape index (κ3) is 5.34. The van der Waals surface area contributed by atoms with E-state index in [1.54, 1.807) is 0 Å². The first-order valence-electron chi connectivity index (χ1n) is 8.67. The van der Waals surface area contributed by atoms with Gasteiger partial charge in [0.15, 0.2) is 0 Å². The van der Waals surface area contributed by atoms with Crippen LogP contribution in [0.3, 0.4) is 0 Å². The minimum absolute atomic E-state index is 0.437. The number of nitrogens with one attached hydrogen (secondary N) is 1. The summed E-state index contributed by atoms with van der Waals surface area (Å²) in [4.78, 5) is 2.74. The fourth-order valence-corrected chi connectivity index (χ4v) is 3.31. The molecule has 0 aromatic heterocycles. The maximum atomic E-state index is 5.62. The van der Waals surface area contributed by atoms with Crippen LogP contribution in [-0.4, -0.2) is 50.3 Å². The lowest BCUT2D eigenvalue weighted by molar-refractivity contribution is -0.00595. The molecule has 0 bridgehead atoms. The maximum Gasteiger partial charge on any atom is 0.0472 e. The van der Waals surface area contributed by atoms with E-state index >= 15 is 0 Å². The van der Waals surface area contributed by atoms with Crippen molar-refractivity contribution in [2.24, 2.45) is 11.3 Å². The molecule has 1 N–H and O–H groups in total. The van der Waals surface area contributed by atoms with Gasteiger partial charge < -0.3 is 15.0 Å². The van der Waals surface area contributed by atoms with Crippen LogP contribution in [0.25, 0.3) is 0 Å². The Morgan fingerprint density at radius 2 is 1.95 bits per heavy atom. The number of rotatable bonds is 9. The monoisotopic (exact) mass is 282 g/mol. The van der Waals surface area contributed by atoms with Crippen molar-refractivity contribution in [1.82, 2.24) is 10.2 Å². The van der Waals surface area contributed by atoms with Gasteiger partial charge in [0.1, 0.15) is 0 Å². The van der Waals surface area contributed by atoms with Crippen molar-refractivity contribution in [2.75, 3.05) is 39.4 Å². The van der Waals surface area contributed by atoms with Crippen LogP contribution in [0.15, 0.2) is 0 Å². The van der Waals surface area contributed by atoms with Gasteiger partial charge in [-0.3, -0.25) is 0 Å². The molecular formula is C17H34N2O. The first-order valence-corrected chi connectivity index (χ1v) is 8.67. The highest BCUT2D eigenvalue weighted by atomic mass is 16.5. The van der Waals surface area contributed by atoms with Crippen LogP contribution >= 0.6 is 0 Å². The fourth-order valence-electron chi connectivity index (χ4n) is 3.31. The summed E-state index contributed by atoms with van der Waals surface area (Å²) >= 11 is 0. The largest absolute Gasteiger partial charge is 0.381 e. The van der Waals surface area contributed by atoms with Crippen molar-refractivity contribution in [3.05, 3.63) is 0 Å². The van der Waals surface area contributed by atoms with E-state index in [1.807, 2.05) is 0 Å². The van der Waals surface area contributed by atoms with Gasteiger partial charge in [-0.2, -0.15) is 0 Å². The summed E-state index contributed by atoms with van der Waals surface area (Å²) in [5.74, 6) is 0.997. The molecule has 0 atom stereocenters. The van der Waals surface area contributed by atoms with Crippen molar-refractivity contribution in [3.63, 3.8) is 0 Å². The molecule has 0 amide bonds. The molecule has 0 aromatic carbocycles. The summed E-state index contributed by atoms with van der Waals surface area (Å²) in [6.45, 7) is 13.7. The predicted octanol–water partition coefficient (Wildman–Crippen LogP) is 2.90. The Morgan fingerprint density at radius 1 is 1.25 bits per heavy atom. The Balaban J connectivity index is 1.92. The molecule has 3 heteroatoms. The summed E-state index contributed by atoms with van der Waals surface area (Å²) in [7, 11) is 0. The van der Waals surface area contributed by atoms with Crippen molar-refractivity contribution < 1.29 is 4.74 Å². The number of hydrogen-bond acceptors (Lipinski definition) is 3. The third-order valence-electron chi connectivity index (χ3n) is 4.75. The van der Waals surface area contributed by atoms with Crippen LogP contribution in [0.4, 0.5) is 0 Å². The predicted molar refractivity (Wildman–Crippen MR) is 85.1 cm³/mol. The zero-order valence-corrected chi connectivity index (χ0v) is 13.8. The number of nitrogens with zero attached hydrogens (tertiary/aromatic N) is 1. The molecule has 0 aromatic rings. The Kier molecular flexibility index (Phi) is 6.31. The van der Waals surface area contributed by atoms with E-state index in [2.05, 4.69) is 31.0 Å². The van der Waals surface area contributed by atoms with Gasteiger partial charge in [-0.15, -0.1) is 0 Å². The van der Waals surface area contributed by atoms with Gasteiger partial charge >= 0.3 is 0 Å². The molecule has 1 aliphatic carbocycles. The second kappa shape index (κ2) is 7.77. The highest BCUT2D eigenvalue weighted by molar-refractivity contribution is 4.89. The van der Waals surface area contributed by atoms with Gasteiger partial charge in [0.05, 0.1) is 0 Å². The zero-order chi connectivity index (χ0) is 14.4. The first-order chi connectivity index (χ1) is 9.63. The van der Waals surface area contributed by atoms with Crippen molar-refractivity contribution >= 4 is 0 Å². The second-order valence-electron chi connectivity index (χ2n) is 7.33. The Bertz CT molecular complexity index is 270. The van der Waals surface area contributed by atoms with Crippen LogP contribution < -0.4 is 5.32 Å². The normalized spacial score (nSPS) is 22.6. The van der Waals surface area contributed by atoms with Crippen molar-refractivity contribution in [2.45, 2.75) is 58.9 Å². The fraction of sp³-hybridized carbons (Fsp3) is 1.00. The van der Waals surface area contributed by atoms with Gasteiger partial charge in [0.2, 0.25) is 0 Å². The molecule has 20 heavy (non-hydrogen) atoms. The molecule has 1 saturated carbocycles. The molecule has 0 radical (unpaired) electrons. The molecular weight excluding hydrogens is 248 g/mol. The molecule has 118 valence electrons. The molecule has 2 aliphatic rings. The van der Waals surface area contributed by atoms with Crippen LogP contribution in [0, 0.1) is 11.3 Å². The highest BCUT2D eigenvalue weighted by Crippen LogP contribution is 2.34. The lowest BCUT2D eigenvalue weighted by Gasteiger charge is -2.42. The Hall–Kier alpha value is -0.120. The van der Waals surface area contributed by atoms with E-state index in [0.29, 0.717) is 11.5 Å². The number of hydrogen-bond donors (Lipinski definition) is 1. The molecule has 1 aliphatic heterocycles. The van der Waals surface area contributed by atoms with Crippen LogP contribution in [0.1, 0.15) is 52.9 Å². The van der Waals surface area contributed by atoms with Crippen molar-refractivity contribution in [3.8, 4) is 0 Å². The molecule has 1 heterocycles. The Morgan fingerprint density at radius 3 is 2.50 bits per heavy atom. The molecule has 3 nitrogen and oxygen atoms in total. The molecule has 2 fully saturated rings. The van der Waals surface area contributed by atoms with E-state index < -0.39 is 0 Å². The minimum Gasteiger partial charge on any atom is -0.381 e. The summed E-state index contributed by atoms with van der Waals surface area (Å²) in [5.41, 5.74) is 0.437. The van der Waals surface area contributed by atoms with Crippen LogP contribution in [0.2, 0.25) is 0 Å². The highest BCUT2D eigenvalue weighted by Gasteiger charge is 2.35. The van der Waals surface area contributed by atoms with Gasteiger partial charge in [0.25, 0.3) is 0 Å². The van der Waals surface area contributed by atoms with E-state index in [-0.39, 0.29) is 0 Å². The number of ether oxygens (including phenoxy) is 1. The summed E-state index contributed by atoms with van der Waals surface area (Å²) in [6.07, 6.45) is 6.63. The summed E-state index contributed by atoms with van der Waals surface area (Å²) in [5, 5.41) is 3.69. The Labute approximate surface area is 125 Å². The van der Waals surface area contributed by atoms with Gasteiger partial charge in [-0.05, 0) is 50.0 Å². The standard InChI is InChI=1S/C17H34N2O/c1-4-9-19(12-16-5-6-16)14-17(13-18-15(2)3)7-10-20-11-8-17/h15-16,18H,4-14H2,1-3H3. The summed E-state index contributed by atoms with van der Waals surface area (Å²) in [6, 6.07) is 0.581. The quantitative estimate of drug-likeness (QED) is 0.704. The third-order valence-corrected chi connectivity index (χ3v) is 4.75. The first kappa shape index (κ1) is 16.3. The molecule has 2 rings (SSSR count). The van der Waals surface area contributed by atoms with E-state index in [0.717, 1.165) is 25.7 Å². The van der Waals surface area contributed by atoms with Crippen LogP contribution in [0.5, 0.6) is 0 Å². The topological polar surface area (TPSA) is 24.5 Å². The smallest absolute Gasteiger partial charge is 0.0472 e. The van der Waals surface area contributed by atoms with Gasteiger partial charge in [-0.1, -0.05) is 20.8 Å².